The molecule has 7 rings (SSSR count). The molecule has 2 saturated heterocycles. The van der Waals surface area contributed by atoms with Gasteiger partial charge in [-0.15, -0.1) is 0 Å². The number of piperidine rings is 1. The van der Waals surface area contributed by atoms with Gasteiger partial charge in [-0.25, -0.2) is 0 Å². The number of ether oxygens (including phenoxy) is 6. The number of hydrogen-bond acceptors (Lipinski definition) is 8. The molecule has 7 bridgehead atoms. The van der Waals surface area contributed by atoms with Gasteiger partial charge in [0.05, 0.1) is 24.4 Å². The Balaban J connectivity index is 1.58. The first-order valence-corrected chi connectivity index (χ1v) is 13.3. The van der Waals surface area contributed by atoms with Crippen LogP contribution < -0.4 is 0 Å². The second kappa shape index (κ2) is 7.08. The smallest absolute Gasteiger partial charge is 0.303 e. The highest BCUT2D eigenvalue weighted by molar-refractivity contribution is 5.67. The highest BCUT2D eigenvalue weighted by Gasteiger charge is 2.93. The number of carbonyl (C=O) groups excluding carboxylic acids is 1. The lowest BCUT2D eigenvalue weighted by molar-refractivity contribution is -0.269. The van der Waals surface area contributed by atoms with Crippen LogP contribution in [0, 0.1) is 34.5 Å². The van der Waals surface area contributed by atoms with E-state index in [1.165, 1.54) is 6.92 Å². The van der Waals surface area contributed by atoms with Crippen LogP contribution in [0.1, 0.15) is 33.6 Å². The summed E-state index contributed by atoms with van der Waals surface area (Å²) in [6.07, 6.45) is 5.79. The van der Waals surface area contributed by atoms with E-state index in [4.69, 9.17) is 28.4 Å². The summed E-state index contributed by atoms with van der Waals surface area (Å²) in [5.41, 5.74) is -1.94. The molecule has 0 aromatic rings. The molecule has 13 unspecified atom stereocenters. The van der Waals surface area contributed by atoms with Crippen LogP contribution in [0.2, 0.25) is 0 Å². The van der Waals surface area contributed by atoms with Crippen molar-refractivity contribution in [1.29, 1.82) is 0 Å². The Kier molecular flexibility index (Phi) is 4.68. The van der Waals surface area contributed by atoms with E-state index >= 15 is 0 Å². The zero-order chi connectivity index (χ0) is 24.5. The number of carbonyl (C=O) groups is 1. The molecule has 0 radical (unpaired) electrons. The van der Waals surface area contributed by atoms with E-state index in [2.05, 4.69) is 30.9 Å². The summed E-state index contributed by atoms with van der Waals surface area (Å²) in [7, 11) is 5.45. The SMILES string of the molecule is CCN1CC2(C)C=CC(OC)C34C5CC6C(OC)CC7(OCOC7(C(OC(C)=O)C23)C14)C5C6OC. The van der Waals surface area contributed by atoms with Crippen LogP contribution >= 0.6 is 0 Å². The van der Waals surface area contributed by atoms with E-state index in [1.807, 2.05) is 14.2 Å². The van der Waals surface area contributed by atoms with Crippen molar-refractivity contribution in [2.45, 2.75) is 75.3 Å². The average Bonchev–Trinajstić information content (AvgIpc) is 3.41. The maximum atomic E-state index is 12.7. The quantitative estimate of drug-likeness (QED) is 0.429. The number of fused-ring (bicyclic) bond motifs is 1. The van der Waals surface area contributed by atoms with Crippen LogP contribution in [-0.2, 0) is 33.2 Å². The van der Waals surface area contributed by atoms with Crippen LogP contribution in [0.4, 0.5) is 0 Å². The third-order valence-electron chi connectivity index (χ3n) is 11.6. The van der Waals surface area contributed by atoms with Crippen molar-refractivity contribution < 1.29 is 33.2 Å². The van der Waals surface area contributed by atoms with Crippen LogP contribution in [0.5, 0.6) is 0 Å². The predicted octanol–water partition coefficient (Wildman–Crippen LogP) is 2.01. The fourth-order valence-electron chi connectivity index (χ4n) is 11.2. The van der Waals surface area contributed by atoms with Crippen molar-refractivity contribution in [2.24, 2.45) is 34.5 Å². The Morgan fingerprint density at radius 2 is 1.97 bits per heavy atom. The standard InChI is InChI=1S/C27H39NO7/c1-7-28-12-24(3)9-8-18(31-5)26-16-10-15-17(30-4)11-25(19(16)20(15)32-6)27(23(26)28,34-13-33-25)22(21(24)26)35-14(2)29/h8-9,15-23H,7,10-13H2,1-6H3. The monoisotopic (exact) mass is 489 g/mol. The minimum Gasteiger partial charge on any atom is -0.459 e. The molecule has 8 heteroatoms. The Labute approximate surface area is 207 Å². The van der Waals surface area contributed by atoms with Gasteiger partial charge in [0.25, 0.3) is 0 Å². The first-order chi connectivity index (χ1) is 16.8. The number of methoxy groups -OCH3 is 3. The molecule has 0 amide bonds. The molecule has 194 valence electrons. The number of nitrogens with zero attached hydrogens (tertiary/aromatic N) is 1. The van der Waals surface area contributed by atoms with Gasteiger partial charge in [0.1, 0.15) is 18.5 Å². The van der Waals surface area contributed by atoms with Gasteiger partial charge < -0.3 is 28.4 Å². The van der Waals surface area contributed by atoms with E-state index in [0.717, 1.165) is 25.9 Å². The summed E-state index contributed by atoms with van der Waals surface area (Å²) < 4.78 is 39.0. The van der Waals surface area contributed by atoms with Crippen molar-refractivity contribution in [3.8, 4) is 0 Å². The number of likely N-dealkylation sites (N-methyl/N-ethyl adjacent to an activating group) is 1. The van der Waals surface area contributed by atoms with Crippen molar-refractivity contribution in [1.82, 2.24) is 4.90 Å². The highest BCUT2D eigenvalue weighted by atomic mass is 16.7. The third kappa shape index (κ3) is 2.20. The van der Waals surface area contributed by atoms with Crippen molar-refractivity contribution in [2.75, 3.05) is 41.2 Å². The Morgan fingerprint density at radius 3 is 2.63 bits per heavy atom. The molecule has 2 heterocycles. The van der Waals surface area contributed by atoms with Crippen molar-refractivity contribution in [3.63, 3.8) is 0 Å². The number of hydrogen-bond donors (Lipinski definition) is 0. The fourth-order valence-corrected chi connectivity index (χ4v) is 11.2. The second-order valence-corrected chi connectivity index (χ2v) is 12.3. The Morgan fingerprint density at radius 1 is 1.17 bits per heavy atom. The summed E-state index contributed by atoms with van der Waals surface area (Å²) in [6.45, 7) is 8.07. The Bertz CT molecular complexity index is 973. The largest absolute Gasteiger partial charge is 0.459 e. The van der Waals surface area contributed by atoms with Crippen molar-refractivity contribution in [3.05, 3.63) is 12.2 Å². The average molecular weight is 490 g/mol. The van der Waals surface area contributed by atoms with Crippen LogP contribution in [0.15, 0.2) is 12.2 Å². The van der Waals surface area contributed by atoms with E-state index < -0.39 is 17.3 Å². The molecule has 0 aromatic carbocycles. The number of likely N-dealkylation sites (tertiary alicyclic amines) is 1. The molecule has 0 N–H and O–H groups in total. The molecular formula is C27H39NO7. The molecule has 6 fully saturated rings. The summed E-state index contributed by atoms with van der Waals surface area (Å²) in [4.78, 5) is 15.3. The lowest BCUT2D eigenvalue weighted by Gasteiger charge is -2.68. The summed E-state index contributed by atoms with van der Waals surface area (Å²) in [5, 5.41) is 0. The molecule has 7 aliphatic rings. The highest BCUT2D eigenvalue weighted by Crippen LogP contribution is 2.82. The van der Waals surface area contributed by atoms with Gasteiger partial charge in [0.15, 0.2) is 5.60 Å². The molecule has 3 spiro atoms. The zero-order valence-electron chi connectivity index (χ0n) is 21.7. The molecule has 13 atom stereocenters. The molecule has 35 heavy (non-hydrogen) atoms. The third-order valence-corrected chi connectivity index (χ3v) is 11.6. The van der Waals surface area contributed by atoms with E-state index in [0.29, 0.717) is 5.92 Å². The van der Waals surface area contributed by atoms with Gasteiger partial charge in [-0.2, -0.15) is 0 Å². The second-order valence-electron chi connectivity index (χ2n) is 12.3. The van der Waals surface area contributed by atoms with E-state index in [9.17, 15) is 4.79 Å². The first kappa shape index (κ1) is 23.1. The summed E-state index contributed by atoms with van der Waals surface area (Å²) in [6, 6.07) is 0.00735. The van der Waals surface area contributed by atoms with Gasteiger partial charge in [0, 0.05) is 69.8 Å². The van der Waals surface area contributed by atoms with Gasteiger partial charge in [-0.3, -0.25) is 9.69 Å². The maximum Gasteiger partial charge on any atom is 0.303 e. The number of esters is 1. The van der Waals surface area contributed by atoms with Crippen LogP contribution in [-0.4, -0.2) is 93.7 Å². The van der Waals surface area contributed by atoms with Gasteiger partial charge >= 0.3 is 5.97 Å². The zero-order valence-corrected chi connectivity index (χ0v) is 21.7. The van der Waals surface area contributed by atoms with Crippen molar-refractivity contribution >= 4 is 5.97 Å². The topological polar surface area (TPSA) is 75.7 Å². The maximum absolute atomic E-state index is 12.7. The first-order valence-electron chi connectivity index (χ1n) is 13.3. The normalized spacial score (nSPS) is 59.0. The van der Waals surface area contributed by atoms with Crippen LogP contribution in [0.3, 0.4) is 0 Å². The fraction of sp³-hybridized carbons (Fsp3) is 0.889. The molecule has 5 aliphatic carbocycles. The minimum absolute atomic E-state index is 0.00139. The molecule has 2 aliphatic heterocycles. The van der Waals surface area contributed by atoms with Gasteiger partial charge in [0.2, 0.25) is 0 Å². The van der Waals surface area contributed by atoms with Crippen LogP contribution in [0.25, 0.3) is 0 Å². The predicted molar refractivity (Wildman–Crippen MR) is 124 cm³/mol. The lowest BCUT2D eigenvalue weighted by Crippen LogP contribution is -2.80. The van der Waals surface area contributed by atoms with Gasteiger partial charge in [-0.05, 0) is 18.9 Å². The Hall–Kier alpha value is -1.03. The van der Waals surface area contributed by atoms with E-state index in [-0.39, 0.29) is 65.7 Å². The summed E-state index contributed by atoms with van der Waals surface area (Å²) >= 11 is 0. The molecular weight excluding hydrogens is 450 g/mol. The molecule has 8 nitrogen and oxygen atoms in total. The van der Waals surface area contributed by atoms with Gasteiger partial charge in [-0.1, -0.05) is 26.0 Å². The minimum atomic E-state index is -0.816. The molecule has 0 aromatic heterocycles. The summed E-state index contributed by atoms with van der Waals surface area (Å²) in [5.74, 6) is 0.478. The molecule has 4 saturated carbocycles. The lowest BCUT2D eigenvalue weighted by atomic mass is 9.44. The van der Waals surface area contributed by atoms with E-state index in [1.54, 1.807) is 7.11 Å². The number of rotatable bonds is 5.